The first-order valence-corrected chi connectivity index (χ1v) is 7.36. The molecule has 0 saturated carbocycles. The molecule has 0 aliphatic rings. The second-order valence-electron chi connectivity index (χ2n) is 3.59. The lowest BCUT2D eigenvalue weighted by Crippen LogP contribution is -2.35. The minimum absolute atomic E-state index is 0.150. The molecule has 18 heavy (non-hydrogen) atoms. The number of urea groups is 1. The van der Waals surface area contributed by atoms with Gasteiger partial charge in [0.1, 0.15) is 0 Å². The van der Waals surface area contributed by atoms with E-state index < -0.39 is 0 Å². The van der Waals surface area contributed by atoms with E-state index in [4.69, 9.17) is 34.8 Å². The van der Waals surface area contributed by atoms with Gasteiger partial charge < -0.3 is 4.90 Å². The van der Waals surface area contributed by atoms with Crippen molar-refractivity contribution in [3.63, 3.8) is 0 Å². The van der Waals surface area contributed by atoms with Gasteiger partial charge in [-0.3, -0.25) is 0 Å². The molecule has 0 radical (unpaired) electrons. The van der Waals surface area contributed by atoms with Crippen LogP contribution in [-0.4, -0.2) is 36.7 Å². The molecule has 0 aromatic heterocycles. The molecule has 0 bridgehead atoms. The fourth-order valence-electron chi connectivity index (χ4n) is 1.16. The quantitative estimate of drug-likeness (QED) is 0.605. The normalized spacial score (nSPS) is 10.3. The minimum Gasteiger partial charge on any atom is -0.330 e. The van der Waals surface area contributed by atoms with Crippen LogP contribution in [-0.2, 0) is 0 Å². The fraction of sp³-hybridized carbons (Fsp3) is 0.364. The van der Waals surface area contributed by atoms with Crippen LogP contribution in [0.2, 0.25) is 10.0 Å². The Bertz CT molecular complexity index is 429. The molecule has 1 aromatic rings. The Morgan fingerprint density at radius 3 is 2.44 bits per heavy atom. The summed E-state index contributed by atoms with van der Waals surface area (Å²) in [6.45, 7) is 0. The first-order chi connectivity index (χ1) is 8.47. The summed E-state index contributed by atoms with van der Waals surface area (Å²) < 4.78 is 1.55. The van der Waals surface area contributed by atoms with Gasteiger partial charge in [-0.15, -0.1) is 11.6 Å². The van der Waals surface area contributed by atoms with Crippen LogP contribution >= 0.6 is 46.8 Å². The van der Waals surface area contributed by atoms with Gasteiger partial charge in [0, 0.05) is 25.7 Å². The van der Waals surface area contributed by atoms with E-state index in [9.17, 15) is 4.79 Å². The molecule has 100 valence electrons. The third-order valence-corrected chi connectivity index (χ3v) is 4.16. The second kappa shape index (κ2) is 7.34. The third kappa shape index (κ3) is 4.12. The number of carbonyl (C=O) groups excluding carboxylic acids is 1. The Kier molecular flexibility index (Phi) is 6.43. The lowest BCUT2D eigenvalue weighted by Gasteiger charge is -2.24. The number of amides is 2. The number of rotatable bonds is 4. The van der Waals surface area contributed by atoms with Gasteiger partial charge >= 0.3 is 6.03 Å². The van der Waals surface area contributed by atoms with Gasteiger partial charge in [-0.1, -0.05) is 23.2 Å². The van der Waals surface area contributed by atoms with E-state index in [-0.39, 0.29) is 6.03 Å². The summed E-state index contributed by atoms with van der Waals surface area (Å²) in [4.78, 5) is 13.5. The maximum Gasteiger partial charge on any atom is 0.334 e. The molecule has 2 amide bonds. The minimum atomic E-state index is -0.150. The average molecular weight is 328 g/mol. The molecule has 0 saturated heterocycles. The molecule has 0 aliphatic heterocycles. The molecule has 0 fully saturated rings. The highest BCUT2D eigenvalue weighted by Gasteiger charge is 2.19. The van der Waals surface area contributed by atoms with Crippen molar-refractivity contribution in [2.75, 3.05) is 30.0 Å². The molecule has 0 heterocycles. The van der Waals surface area contributed by atoms with Gasteiger partial charge in [0.05, 0.1) is 15.7 Å². The van der Waals surface area contributed by atoms with Gasteiger partial charge in [-0.2, -0.15) is 0 Å². The van der Waals surface area contributed by atoms with E-state index in [1.165, 1.54) is 16.8 Å². The van der Waals surface area contributed by atoms with Crippen molar-refractivity contribution in [2.24, 2.45) is 0 Å². The molecule has 1 aromatic carbocycles. The highest BCUT2D eigenvalue weighted by molar-refractivity contribution is 8.01. The fourth-order valence-corrected chi connectivity index (χ4v) is 2.45. The summed E-state index contributed by atoms with van der Waals surface area (Å²) in [5.74, 6) is 1.09. The molecule has 0 N–H and O–H groups in total. The Hall–Kier alpha value is -0.290. The number of hydrogen-bond acceptors (Lipinski definition) is 2. The summed E-state index contributed by atoms with van der Waals surface area (Å²) in [6, 6.07) is 4.92. The SMILES string of the molecule is CN(C)C(=O)N(SCCCl)c1ccc(Cl)c(Cl)c1. The Balaban J connectivity index is 3.01. The van der Waals surface area contributed by atoms with E-state index in [2.05, 4.69) is 0 Å². The van der Waals surface area contributed by atoms with Crippen LogP contribution in [0.5, 0.6) is 0 Å². The first-order valence-electron chi connectivity index (χ1n) is 5.12. The zero-order chi connectivity index (χ0) is 13.7. The van der Waals surface area contributed by atoms with E-state index in [0.29, 0.717) is 27.4 Å². The van der Waals surface area contributed by atoms with Crippen LogP contribution in [0.3, 0.4) is 0 Å². The average Bonchev–Trinajstić information content (AvgIpc) is 2.33. The standard InChI is InChI=1S/C11H13Cl3N2OS/c1-15(2)11(17)16(18-6-5-12)8-3-4-9(13)10(14)7-8/h3-4,7H,5-6H2,1-2H3. The van der Waals surface area contributed by atoms with Gasteiger partial charge in [0.25, 0.3) is 0 Å². The number of halogens is 3. The van der Waals surface area contributed by atoms with Crippen molar-refractivity contribution >= 4 is 58.5 Å². The van der Waals surface area contributed by atoms with Crippen LogP contribution in [0.25, 0.3) is 0 Å². The van der Waals surface area contributed by atoms with E-state index in [1.54, 1.807) is 36.6 Å². The molecule has 7 heteroatoms. The van der Waals surface area contributed by atoms with Crippen molar-refractivity contribution in [2.45, 2.75) is 0 Å². The maximum atomic E-state index is 12.1. The molecular weight excluding hydrogens is 315 g/mol. The molecule has 3 nitrogen and oxygen atoms in total. The van der Waals surface area contributed by atoms with Gasteiger partial charge in [0.15, 0.2) is 0 Å². The molecular formula is C11H13Cl3N2OS. The van der Waals surface area contributed by atoms with Crippen molar-refractivity contribution in [3.05, 3.63) is 28.2 Å². The van der Waals surface area contributed by atoms with E-state index >= 15 is 0 Å². The van der Waals surface area contributed by atoms with E-state index in [1.807, 2.05) is 0 Å². The van der Waals surface area contributed by atoms with Gasteiger partial charge in [0.2, 0.25) is 0 Å². The van der Waals surface area contributed by atoms with Crippen LogP contribution in [0, 0.1) is 0 Å². The lowest BCUT2D eigenvalue weighted by molar-refractivity contribution is 0.228. The van der Waals surface area contributed by atoms with Crippen molar-refractivity contribution in [1.29, 1.82) is 0 Å². The lowest BCUT2D eigenvalue weighted by atomic mass is 10.3. The third-order valence-electron chi connectivity index (χ3n) is 1.99. The molecule has 0 atom stereocenters. The number of anilines is 1. The van der Waals surface area contributed by atoms with Crippen LogP contribution in [0.1, 0.15) is 0 Å². The largest absolute Gasteiger partial charge is 0.334 e. The molecule has 1 rings (SSSR count). The Morgan fingerprint density at radius 1 is 1.28 bits per heavy atom. The number of hydrogen-bond donors (Lipinski definition) is 0. The smallest absolute Gasteiger partial charge is 0.330 e. The summed E-state index contributed by atoms with van der Waals surface area (Å²) in [7, 11) is 3.38. The van der Waals surface area contributed by atoms with Crippen LogP contribution < -0.4 is 4.31 Å². The molecule has 0 spiro atoms. The highest BCUT2D eigenvalue weighted by atomic mass is 35.5. The summed E-state index contributed by atoms with van der Waals surface area (Å²) in [5.41, 5.74) is 0.679. The number of alkyl halides is 1. The summed E-state index contributed by atoms with van der Waals surface area (Å²) in [5, 5.41) is 0.872. The van der Waals surface area contributed by atoms with Crippen molar-refractivity contribution < 1.29 is 4.79 Å². The zero-order valence-electron chi connectivity index (χ0n) is 9.99. The predicted octanol–water partition coefficient (Wildman–Crippen LogP) is 4.37. The van der Waals surface area contributed by atoms with E-state index in [0.717, 1.165) is 0 Å². The van der Waals surface area contributed by atoms with Gasteiger partial charge in [-0.05, 0) is 30.1 Å². The Morgan fingerprint density at radius 2 is 1.94 bits per heavy atom. The van der Waals surface area contributed by atoms with Crippen LogP contribution in [0.15, 0.2) is 18.2 Å². The predicted molar refractivity (Wildman–Crippen MR) is 81.2 cm³/mol. The maximum absolute atomic E-state index is 12.1. The van der Waals surface area contributed by atoms with Crippen molar-refractivity contribution in [3.8, 4) is 0 Å². The molecule has 0 unspecified atom stereocenters. The first kappa shape index (κ1) is 15.8. The van der Waals surface area contributed by atoms with Crippen LogP contribution in [0.4, 0.5) is 10.5 Å². The van der Waals surface area contributed by atoms with Gasteiger partial charge in [-0.25, -0.2) is 9.10 Å². The Labute approximate surface area is 126 Å². The monoisotopic (exact) mass is 326 g/mol. The topological polar surface area (TPSA) is 23.6 Å². The number of nitrogens with zero attached hydrogens (tertiary/aromatic N) is 2. The number of benzene rings is 1. The highest BCUT2D eigenvalue weighted by Crippen LogP contribution is 2.31. The summed E-state index contributed by atoms with van der Waals surface area (Å²) in [6.07, 6.45) is 0. The number of carbonyl (C=O) groups is 1. The van der Waals surface area contributed by atoms with Crippen molar-refractivity contribution in [1.82, 2.24) is 4.90 Å². The second-order valence-corrected chi connectivity index (χ2v) is 5.82. The molecule has 0 aliphatic carbocycles. The zero-order valence-corrected chi connectivity index (χ0v) is 13.1. The summed E-state index contributed by atoms with van der Waals surface area (Å²) >= 11 is 18.8.